The summed E-state index contributed by atoms with van der Waals surface area (Å²) in [7, 11) is -2.73. The van der Waals surface area contributed by atoms with Crippen LogP contribution in [0.5, 0.6) is 5.75 Å². The average molecular weight is 359 g/mol. The van der Waals surface area contributed by atoms with E-state index in [9.17, 15) is 23.3 Å². The largest absolute Gasteiger partial charge is 0.489 e. The van der Waals surface area contributed by atoms with Gasteiger partial charge < -0.3 is 10.5 Å². The molecule has 0 aromatic heterocycles. The van der Waals surface area contributed by atoms with Crippen molar-refractivity contribution >= 4 is 27.3 Å². The molecule has 0 heterocycles. The third kappa shape index (κ3) is 4.34. The van der Waals surface area contributed by atoms with E-state index in [-0.39, 0.29) is 11.4 Å². The van der Waals surface area contributed by atoms with Gasteiger partial charge in [-0.2, -0.15) is 0 Å². The van der Waals surface area contributed by atoms with Crippen LogP contribution in [0.25, 0.3) is 0 Å². The minimum atomic E-state index is -3.92. The monoisotopic (exact) mass is 359 g/mol. The number of rotatable bonds is 6. The van der Waals surface area contributed by atoms with Gasteiger partial charge in [-0.25, -0.2) is 8.42 Å². The summed E-state index contributed by atoms with van der Waals surface area (Å²) in [5, 5.41) is 11.4. The van der Waals surface area contributed by atoms with Crippen LogP contribution in [0.2, 0.25) is 0 Å². The van der Waals surface area contributed by atoms with Gasteiger partial charge in [-0.3, -0.25) is 19.2 Å². The fraction of sp³-hybridized carbons (Fsp3) is 0.500. The van der Waals surface area contributed by atoms with Crippen molar-refractivity contribution in [2.75, 3.05) is 24.2 Å². The molecule has 0 bridgehead atoms. The number of carbonyl (C=O) groups excluding carboxylic acids is 1. The van der Waals surface area contributed by atoms with E-state index in [2.05, 4.69) is 0 Å². The Balaban J connectivity index is 3.84. The van der Waals surface area contributed by atoms with Crippen LogP contribution in [0, 0.1) is 10.1 Å². The first kappa shape index (κ1) is 19.7. The van der Waals surface area contributed by atoms with Crippen molar-refractivity contribution in [1.82, 2.24) is 0 Å². The molecule has 0 fully saturated rings. The lowest BCUT2D eigenvalue weighted by Crippen LogP contribution is -2.38. The molecule has 2 N–H and O–H groups in total. The summed E-state index contributed by atoms with van der Waals surface area (Å²) in [6, 6.07) is 2.78. The number of primary amides is 1. The number of hydrogen-bond donors (Lipinski definition) is 1. The van der Waals surface area contributed by atoms with Crippen LogP contribution < -0.4 is 14.8 Å². The Bertz CT molecular complexity index is 767. The van der Waals surface area contributed by atoms with E-state index in [0.29, 0.717) is 9.87 Å². The molecule has 0 aliphatic heterocycles. The molecule has 1 aromatic rings. The number of anilines is 1. The highest BCUT2D eigenvalue weighted by molar-refractivity contribution is 7.92. The summed E-state index contributed by atoms with van der Waals surface area (Å²) in [6.45, 7) is 4.81. The Morgan fingerprint density at radius 1 is 1.38 bits per heavy atom. The molecule has 1 rings (SSSR count). The van der Waals surface area contributed by atoms with E-state index in [1.165, 1.54) is 19.2 Å². The van der Waals surface area contributed by atoms with Gasteiger partial charge in [-0.15, -0.1) is 0 Å². The SMILES string of the molecule is COc1c(N(CC(N)=O)S(C)(=O)=O)cc(C(C)(C)C)cc1[N+](=O)[O-]. The number of nitrogens with zero attached hydrogens (tertiary/aromatic N) is 2. The molecule has 0 saturated carbocycles. The van der Waals surface area contributed by atoms with Gasteiger partial charge in [-0.1, -0.05) is 20.8 Å². The Kier molecular flexibility index (Phi) is 5.44. The lowest BCUT2D eigenvalue weighted by atomic mass is 9.86. The zero-order chi connectivity index (χ0) is 18.9. The van der Waals surface area contributed by atoms with Crippen molar-refractivity contribution in [1.29, 1.82) is 0 Å². The fourth-order valence-electron chi connectivity index (χ4n) is 2.08. The standard InChI is InChI=1S/C14H21N3O6S/c1-14(2,3)9-6-10(13(23-4)11(7-9)17(19)20)16(8-12(15)18)24(5,21)22/h6-7H,8H2,1-5H3,(H2,15,18). The molecule has 0 unspecified atom stereocenters. The van der Waals surface area contributed by atoms with Crippen LogP contribution in [0.1, 0.15) is 26.3 Å². The number of ether oxygens (including phenoxy) is 1. The minimum Gasteiger partial charge on any atom is -0.489 e. The third-order valence-electron chi connectivity index (χ3n) is 3.29. The van der Waals surface area contributed by atoms with Gasteiger partial charge in [0.05, 0.1) is 18.3 Å². The number of nitro groups is 1. The number of nitrogens with two attached hydrogens (primary N) is 1. The minimum absolute atomic E-state index is 0.0991. The molecule has 24 heavy (non-hydrogen) atoms. The number of methoxy groups -OCH3 is 1. The first-order valence-corrected chi connectivity index (χ1v) is 8.76. The van der Waals surface area contributed by atoms with E-state index in [1.807, 2.05) is 20.8 Å². The zero-order valence-corrected chi connectivity index (χ0v) is 15.0. The third-order valence-corrected chi connectivity index (χ3v) is 4.41. The van der Waals surface area contributed by atoms with Gasteiger partial charge in [0.1, 0.15) is 12.2 Å². The predicted molar refractivity (Wildman–Crippen MR) is 89.7 cm³/mol. The molecule has 0 atom stereocenters. The van der Waals surface area contributed by atoms with Crippen LogP contribution in [-0.2, 0) is 20.2 Å². The van der Waals surface area contributed by atoms with Crippen molar-refractivity contribution in [2.24, 2.45) is 5.73 Å². The molecule has 1 aromatic carbocycles. The molecule has 134 valence electrons. The van der Waals surface area contributed by atoms with E-state index < -0.39 is 38.5 Å². The molecular weight excluding hydrogens is 338 g/mol. The highest BCUT2D eigenvalue weighted by atomic mass is 32.2. The van der Waals surface area contributed by atoms with E-state index in [0.717, 1.165) is 6.26 Å². The van der Waals surface area contributed by atoms with Crippen molar-refractivity contribution in [3.05, 3.63) is 27.8 Å². The molecule has 0 radical (unpaired) electrons. The molecule has 9 nitrogen and oxygen atoms in total. The lowest BCUT2D eigenvalue weighted by molar-refractivity contribution is -0.385. The van der Waals surface area contributed by atoms with Crippen LogP contribution in [-0.4, -0.2) is 39.2 Å². The van der Waals surface area contributed by atoms with Gasteiger partial charge in [0.2, 0.25) is 21.7 Å². The zero-order valence-electron chi connectivity index (χ0n) is 14.2. The Labute approximate surface area is 140 Å². The Morgan fingerprint density at radius 3 is 2.25 bits per heavy atom. The molecule has 0 saturated heterocycles. The normalized spacial score (nSPS) is 11.9. The van der Waals surface area contributed by atoms with E-state index >= 15 is 0 Å². The summed E-state index contributed by atoms with van der Waals surface area (Å²) in [6.07, 6.45) is 0.880. The van der Waals surface area contributed by atoms with E-state index in [1.54, 1.807) is 0 Å². The second-order valence-electron chi connectivity index (χ2n) is 6.29. The van der Waals surface area contributed by atoms with Crippen LogP contribution >= 0.6 is 0 Å². The second-order valence-corrected chi connectivity index (χ2v) is 8.20. The molecule has 0 aliphatic carbocycles. The lowest BCUT2D eigenvalue weighted by Gasteiger charge is -2.26. The Morgan fingerprint density at radius 2 is 1.92 bits per heavy atom. The number of sulfonamides is 1. The average Bonchev–Trinajstić information content (AvgIpc) is 2.40. The summed E-state index contributed by atoms with van der Waals surface area (Å²) in [5.41, 5.74) is 4.65. The maximum Gasteiger partial charge on any atom is 0.313 e. The van der Waals surface area contributed by atoms with Crippen LogP contribution in [0.3, 0.4) is 0 Å². The molecule has 0 spiro atoms. The first-order valence-electron chi connectivity index (χ1n) is 6.92. The number of benzene rings is 1. The molecule has 0 aliphatic rings. The number of hydrogen-bond acceptors (Lipinski definition) is 6. The Hall–Kier alpha value is -2.36. The van der Waals surface area contributed by atoms with Crippen LogP contribution in [0.4, 0.5) is 11.4 Å². The number of amides is 1. The van der Waals surface area contributed by atoms with Gasteiger partial charge in [0.25, 0.3) is 0 Å². The second kappa shape index (κ2) is 6.63. The number of nitro benzene ring substituents is 1. The van der Waals surface area contributed by atoms with Crippen molar-refractivity contribution < 1.29 is 22.9 Å². The highest BCUT2D eigenvalue weighted by Gasteiger charge is 2.31. The number of carbonyl (C=O) groups is 1. The fourth-order valence-corrected chi connectivity index (χ4v) is 2.94. The summed E-state index contributed by atoms with van der Waals surface area (Å²) in [5.74, 6) is -1.15. The summed E-state index contributed by atoms with van der Waals surface area (Å²) < 4.78 is 29.9. The smallest absolute Gasteiger partial charge is 0.313 e. The van der Waals surface area contributed by atoms with E-state index in [4.69, 9.17) is 10.5 Å². The molecular formula is C14H21N3O6S. The van der Waals surface area contributed by atoms with Gasteiger partial charge in [-0.05, 0) is 17.0 Å². The maximum absolute atomic E-state index is 12.1. The van der Waals surface area contributed by atoms with Gasteiger partial charge >= 0.3 is 5.69 Å². The molecule has 1 amide bonds. The van der Waals surface area contributed by atoms with Gasteiger partial charge in [0.15, 0.2) is 0 Å². The van der Waals surface area contributed by atoms with Crippen LogP contribution in [0.15, 0.2) is 12.1 Å². The quantitative estimate of drug-likeness (QED) is 0.598. The van der Waals surface area contributed by atoms with Crippen molar-refractivity contribution in [3.63, 3.8) is 0 Å². The summed E-state index contributed by atoms with van der Waals surface area (Å²) >= 11 is 0. The highest BCUT2D eigenvalue weighted by Crippen LogP contribution is 2.42. The maximum atomic E-state index is 12.1. The van der Waals surface area contributed by atoms with Crippen molar-refractivity contribution in [2.45, 2.75) is 26.2 Å². The topological polar surface area (TPSA) is 133 Å². The first-order chi connectivity index (χ1) is 10.8. The summed E-state index contributed by atoms with van der Waals surface area (Å²) in [4.78, 5) is 22.0. The molecule has 10 heteroatoms. The predicted octanol–water partition coefficient (Wildman–Crippen LogP) is 1.15. The van der Waals surface area contributed by atoms with Crippen molar-refractivity contribution in [3.8, 4) is 5.75 Å². The van der Waals surface area contributed by atoms with Gasteiger partial charge in [0, 0.05) is 6.07 Å².